The first-order valence-corrected chi connectivity index (χ1v) is 9.30. The largest absolute Gasteiger partial charge is 0.497 e. The number of hydroxylamine groups is 1. The molecule has 6 atom stereocenters. The molecule has 0 aromatic heterocycles. The van der Waals surface area contributed by atoms with Crippen LogP contribution in [0.5, 0.6) is 5.75 Å². The summed E-state index contributed by atoms with van der Waals surface area (Å²) in [5, 5.41) is 33.6. The van der Waals surface area contributed by atoms with Crippen LogP contribution in [-0.4, -0.2) is 84.7 Å². The minimum atomic E-state index is -1.59. The summed E-state index contributed by atoms with van der Waals surface area (Å²) in [5.41, 5.74) is 0.543. The van der Waals surface area contributed by atoms with Crippen molar-refractivity contribution in [3.05, 3.63) is 24.3 Å². The minimum Gasteiger partial charge on any atom is -0.497 e. The molecule has 168 valence electrons. The van der Waals surface area contributed by atoms with E-state index < -0.39 is 55.2 Å². The third-order valence-electron chi connectivity index (χ3n) is 4.71. The van der Waals surface area contributed by atoms with E-state index in [1.807, 2.05) is 0 Å². The number of esters is 1. The number of carbonyl (C=O) groups excluding carboxylic acids is 2. The lowest BCUT2D eigenvalue weighted by Crippen LogP contribution is -2.65. The molecule has 0 aliphatic carbocycles. The fraction of sp³-hybridized carbons (Fsp3) is 0.579. The Morgan fingerprint density at radius 3 is 2.37 bits per heavy atom. The highest BCUT2D eigenvalue weighted by atomic mass is 16.7. The molecule has 1 fully saturated rings. The van der Waals surface area contributed by atoms with E-state index >= 15 is 0 Å². The molecule has 2 rings (SSSR count). The van der Waals surface area contributed by atoms with Crippen LogP contribution in [0, 0.1) is 0 Å². The number of aliphatic hydroxyl groups excluding tert-OH is 3. The van der Waals surface area contributed by atoms with E-state index in [9.17, 15) is 24.9 Å². The fourth-order valence-corrected chi connectivity index (χ4v) is 3.16. The van der Waals surface area contributed by atoms with E-state index in [0.717, 1.165) is 0 Å². The monoisotopic (exact) mass is 428 g/mol. The molecule has 1 heterocycles. The molecule has 11 nitrogen and oxygen atoms in total. The van der Waals surface area contributed by atoms with Crippen LogP contribution in [0.3, 0.4) is 0 Å². The maximum absolute atomic E-state index is 12.8. The lowest BCUT2D eigenvalue weighted by Gasteiger charge is -2.42. The van der Waals surface area contributed by atoms with Gasteiger partial charge in [0.2, 0.25) is 5.91 Å². The summed E-state index contributed by atoms with van der Waals surface area (Å²) in [6.07, 6.45) is -5.64. The summed E-state index contributed by atoms with van der Waals surface area (Å²) in [6, 6.07) is 4.56. The van der Waals surface area contributed by atoms with Crippen LogP contribution in [0.25, 0.3) is 0 Å². The summed E-state index contributed by atoms with van der Waals surface area (Å²) in [5.74, 6) is -0.696. The van der Waals surface area contributed by atoms with Gasteiger partial charge in [-0.05, 0) is 31.2 Å². The number of nitrogens with one attached hydrogen (secondary N) is 1. The van der Waals surface area contributed by atoms with Gasteiger partial charge in [0, 0.05) is 6.92 Å². The number of rotatable bonds is 8. The Balaban J connectivity index is 2.20. The van der Waals surface area contributed by atoms with Crippen LogP contribution < -0.4 is 15.1 Å². The molecule has 1 aliphatic rings. The Hall–Kier alpha value is -2.44. The summed E-state index contributed by atoms with van der Waals surface area (Å²) >= 11 is 0. The Morgan fingerprint density at radius 1 is 1.23 bits per heavy atom. The topological polar surface area (TPSA) is 147 Å². The van der Waals surface area contributed by atoms with Gasteiger partial charge in [-0.25, -0.2) is 9.86 Å². The molecule has 30 heavy (non-hydrogen) atoms. The maximum Gasteiger partial charge on any atom is 0.331 e. The maximum atomic E-state index is 12.8. The van der Waals surface area contributed by atoms with Crippen molar-refractivity contribution in [3.8, 4) is 5.75 Å². The molecule has 1 unspecified atom stereocenters. The molecule has 1 aromatic carbocycles. The second-order valence-electron chi connectivity index (χ2n) is 6.75. The summed E-state index contributed by atoms with van der Waals surface area (Å²) in [6.45, 7) is 2.11. The van der Waals surface area contributed by atoms with Crippen molar-refractivity contribution in [3.63, 3.8) is 0 Å². The molecule has 1 saturated heterocycles. The van der Waals surface area contributed by atoms with Crippen LogP contribution in [0.2, 0.25) is 0 Å². The quantitative estimate of drug-likeness (QED) is 0.298. The van der Waals surface area contributed by atoms with Crippen LogP contribution in [0.15, 0.2) is 24.3 Å². The van der Waals surface area contributed by atoms with Crippen molar-refractivity contribution in [2.45, 2.75) is 50.5 Å². The molecule has 1 aromatic rings. The summed E-state index contributed by atoms with van der Waals surface area (Å²) in [4.78, 5) is 29.6. The van der Waals surface area contributed by atoms with Crippen molar-refractivity contribution < 1.29 is 44.0 Å². The van der Waals surface area contributed by atoms with Gasteiger partial charge in [-0.1, -0.05) is 0 Å². The predicted octanol–water partition coefficient (Wildman–Crippen LogP) is -1.06. The number of ether oxygens (including phenoxy) is 3. The van der Waals surface area contributed by atoms with Crippen LogP contribution in [0.1, 0.15) is 13.8 Å². The van der Waals surface area contributed by atoms with E-state index in [0.29, 0.717) is 11.4 Å². The smallest absolute Gasteiger partial charge is 0.331 e. The SMILES string of the molecule is COc1ccc(N(OC)[C@@H](C)C(=O)O[C@H]2[C@H](O)[C@@H](CO)OC(O)[C@@H]2NC(C)=O)cc1. The fourth-order valence-electron chi connectivity index (χ4n) is 3.16. The van der Waals surface area contributed by atoms with Crippen molar-refractivity contribution in [2.24, 2.45) is 0 Å². The van der Waals surface area contributed by atoms with E-state index in [-0.39, 0.29) is 0 Å². The van der Waals surface area contributed by atoms with Gasteiger partial charge < -0.3 is 34.8 Å². The first-order valence-electron chi connectivity index (χ1n) is 9.30. The number of methoxy groups -OCH3 is 1. The third kappa shape index (κ3) is 5.37. The predicted molar refractivity (Wildman–Crippen MR) is 103 cm³/mol. The van der Waals surface area contributed by atoms with Crippen molar-refractivity contribution in [1.82, 2.24) is 5.32 Å². The number of benzene rings is 1. The molecule has 11 heteroatoms. The van der Waals surface area contributed by atoms with Crippen molar-refractivity contribution >= 4 is 17.6 Å². The number of hydrogen-bond acceptors (Lipinski definition) is 10. The second-order valence-corrected chi connectivity index (χ2v) is 6.75. The van der Waals surface area contributed by atoms with Gasteiger partial charge in [0.15, 0.2) is 18.4 Å². The number of carbonyl (C=O) groups is 2. The standard InChI is InChI=1S/C19H28N2O9/c1-10(21(28-4)12-5-7-13(27-3)8-6-12)18(25)30-17-15(20-11(2)23)19(26)29-14(9-22)16(17)24/h5-8,10,14-17,19,22,24,26H,9H2,1-4H3,(H,20,23)/t10-,14+,15+,16+,17+,19?/m0/s1. The van der Waals surface area contributed by atoms with Gasteiger partial charge in [-0.15, -0.1) is 0 Å². The molecule has 4 N–H and O–H groups in total. The van der Waals surface area contributed by atoms with E-state index in [1.165, 1.54) is 33.1 Å². The zero-order valence-corrected chi connectivity index (χ0v) is 17.2. The van der Waals surface area contributed by atoms with Gasteiger partial charge >= 0.3 is 5.97 Å². The molecule has 0 bridgehead atoms. The lowest BCUT2D eigenvalue weighted by molar-refractivity contribution is -0.259. The van der Waals surface area contributed by atoms with Crippen LogP contribution in [0.4, 0.5) is 5.69 Å². The average Bonchev–Trinajstić information content (AvgIpc) is 2.73. The van der Waals surface area contributed by atoms with Gasteiger partial charge in [0.1, 0.15) is 24.0 Å². The highest BCUT2D eigenvalue weighted by Crippen LogP contribution is 2.25. The molecule has 0 radical (unpaired) electrons. The number of aliphatic hydroxyl groups is 3. The van der Waals surface area contributed by atoms with E-state index in [1.54, 1.807) is 24.3 Å². The van der Waals surface area contributed by atoms with Gasteiger partial charge in [0.05, 0.1) is 26.5 Å². The van der Waals surface area contributed by atoms with Gasteiger partial charge in [0.25, 0.3) is 0 Å². The van der Waals surface area contributed by atoms with Gasteiger partial charge in [-0.2, -0.15) is 0 Å². The van der Waals surface area contributed by atoms with E-state index in [4.69, 9.17) is 19.0 Å². The number of anilines is 1. The number of amides is 1. The normalized spacial score (nSPS) is 27.1. The van der Waals surface area contributed by atoms with Crippen LogP contribution in [-0.2, 0) is 23.9 Å². The summed E-state index contributed by atoms with van der Waals surface area (Å²) in [7, 11) is 2.91. The Morgan fingerprint density at radius 2 is 1.87 bits per heavy atom. The number of hydrogen-bond donors (Lipinski definition) is 4. The van der Waals surface area contributed by atoms with Crippen molar-refractivity contribution in [1.29, 1.82) is 0 Å². The molecular weight excluding hydrogens is 400 g/mol. The first kappa shape index (κ1) is 23.8. The van der Waals surface area contributed by atoms with Crippen molar-refractivity contribution in [2.75, 3.05) is 25.9 Å². The molecule has 0 spiro atoms. The highest BCUT2D eigenvalue weighted by molar-refractivity contribution is 5.79. The van der Waals surface area contributed by atoms with Crippen LogP contribution >= 0.6 is 0 Å². The zero-order chi connectivity index (χ0) is 22.4. The Labute approximate surface area is 174 Å². The molecular formula is C19H28N2O9. The first-order chi connectivity index (χ1) is 14.2. The Kier molecular flexibility index (Phi) is 8.38. The number of nitrogens with zero attached hydrogens (tertiary/aromatic N) is 1. The zero-order valence-electron chi connectivity index (χ0n) is 17.2. The Bertz CT molecular complexity index is 714. The molecule has 1 aliphatic heterocycles. The molecule has 0 saturated carbocycles. The summed E-state index contributed by atoms with van der Waals surface area (Å²) < 4.78 is 15.6. The average molecular weight is 428 g/mol. The molecule has 1 amide bonds. The highest BCUT2D eigenvalue weighted by Gasteiger charge is 2.48. The minimum absolute atomic E-state index is 0.525. The van der Waals surface area contributed by atoms with Gasteiger partial charge in [-0.3, -0.25) is 9.63 Å². The van der Waals surface area contributed by atoms with E-state index in [2.05, 4.69) is 5.32 Å². The second kappa shape index (κ2) is 10.5. The third-order valence-corrected chi connectivity index (χ3v) is 4.71. The lowest BCUT2D eigenvalue weighted by atomic mass is 9.96.